The normalized spacial score (nSPS) is 11.7. The maximum Gasteiger partial charge on any atom is 0.289 e. The summed E-state index contributed by atoms with van der Waals surface area (Å²) in [6.07, 6.45) is 1.40. The largest absolute Gasteiger partial charge is 0.480 e. The van der Waals surface area contributed by atoms with Crippen LogP contribution >= 0.6 is 11.6 Å². The summed E-state index contributed by atoms with van der Waals surface area (Å²) in [5.74, 6) is 0.933. The molecule has 2 heterocycles. The van der Waals surface area contributed by atoms with Gasteiger partial charge in [-0.1, -0.05) is 11.6 Å². The summed E-state index contributed by atoms with van der Waals surface area (Å²) in [5.41, 5.74) is -0.860. The number of hydrogen-bond acceptors (Lipinski definition) is 6. The molecule has 108 valence electrons. The van der Waals surface area contributed by atoms with Crippen LogP contribution in [0.2, 0.25) is 5.02 Å². The van der Waals surface area contributed by atoms with Crippen LogP contribution < -0.4 is 10.3 Å². The Labute approximate surface area is 120 Å². The van der Waals surface area contributed by atoms with Gasteiger partial charge in [-0.2, -0.15) is 5.10 Å². The van der Waals surface area contributed by atoms with E-state index in [0.29, 0.717) is 11.8 Å². The Morgan fingerprint density at radius 3 is 2.65 bits per heavy atom. The molecule has 0 aliphatic carbocycles. The van der Waals surface area contributed by atoms with Gasteiger partial charge in [-0.25, -0.2) is 4.68 Å². The van der Waals surface area contributed by atoms with Crippen LogP contribution in [0.4, 0.5) is 0 Å². The van der Waals surface area contributed by atoms with E-state index in [9.17, 15) is 4.79 Å². The third-order valence-corrected chi connectivity index (χ3v) is 2.79. The second kappa shape index (κ2) is 5.24. The van der Waals surface area contributed by atoms with Gasteiger partial charge in [0.2, 0.25) is 5.89 Å². The average molecular weight is 299 g/mol. The Hall–Kier alpha value is -1.89. The van der Waals surface area contributed by atoms with E-state index in [0.717, 1.165) is 0 Å². The third kappa shape index (κ3) is 2.98. The van der Waals surface area contributed by atoms with E-state index in [1.807, 2.05) is 20.8 Å². The van der Waals surface area contributed by atoms with Gasteiger partial charge in [0, 0.05) is 6.92 Å². The van der Waals surface area contributed by atoms with Crippen molar-refractivity contribution in [1.82, 2.24) is 20.0 Å². The summed E-state index contributed by atoms with van der Waals surface area (Å²) in [4.78, 5) is 12.1. The van der Waals surface area contributed by atoms with Crippen LogP contribution in [0, 0.1) is 6.92 Å². The molecule has 0 saturated carbocycles. The molecule has 2 rings (SSSR count). The Bertz CT molecular complexity index is 672. The fourth-order valence-corrected chi connectivity index (χ4v) is 1.71. The molecule has 0 unspecified atom stereocenters. The molecule has 0 fully saturated rings. The predicted molar refractivity (Wildman–Crippen MR) is 71.9 cm³/mol. The predicted octanol–water partition coefficient (Wildman–Crippen LogP) is 1.92. The van der Waals surface area contributed by atoms with Gasteiger partial charge in [-0.05, 0) is 20.8 Å². The lowest BCUT2D eigenvalue weighted by atomic mass is 10.1. The second-order valence-corrected chi connectivity index (χ2v) is 5.59. The van der Waals surface area contributed by atoms with Crippen molar-refractivity contribution in [3.05, 3.63) is 33.4 Å². The molecule has 0 spiro atoms. The number of rotatable bonds is 3. The van der Waals surface area contributed by atoms with Crippen molar-refractivity contribution >= 4 is 11.6 Å². The van der Waals surface area contributed by atoms with Crippen LogP contribution in [-0.4, -0.2) is 20.0 Å². The zero-order valence-corrected chi connectivity index (χ0v) is 12.4. The van der Waals surface area contributed by atoms with Gasteiger partial charge in [0.25, 0.3) is 11.4 Å². The molecule has 0 aromatic carbocycles. The van der Waals surface area contributed by atoms with E-state index in [2.05, 4.69) is 15.3 Å². The zero-order valence-electron chi connectivity index (χ0n) is 11.7. The number of aromatic nitrogens is 4. The summed E-state index contributed by atoms with van der Waals surface area (Å²) >= 11 is 6.01. The maximum atomic E-state index is 12.1. The first kappa shape index (κ1) is 14.5. The van der Waals surface area contributed by atoms with E-state index in [4.69, 9.17) is 20.8 Å². The standard InChI is InChI=1S/C12H15ClN4O3/c1-7-15-16-9(20-7)6-19-8-5-14-17(12(2,3)4)11(18)10(8)13/h5H,6H2,1-4H3. The van der Waals surface area contributed by atoms with Crippen molar-refractivity contribution in [1.29, 1.82) is 0 Å². The molecular formula is C12H15ClN4O3. The molecule has 0 radical (unpaired) electrons. The van der Waals surface area contributed by atoms with Crippen LogP contribution in [0.15, 0.2) is 15.4 Å². The zero-order chi connectivity index (χ0) is 14.9. The SMILES string of the molecule is Cc1nnc(COc2cnn(C(C)(C)C)c(=O)c2Cl)o1. The Kier molecular flexibility index (Phi) is 3.80. The monoisotopic (exact) mass is 298 g/mol. The highest BCUT2D eigenvalue weighted by molar-refractivity contribution is 6.31. The van der Waals surface area contributed by atoms with Crippen molar-refractivity contribution in [2.24, 2.45) is 0 Å². The highest BCUT2D eigenvalue weighted by Gasteiger charge is 2.20. The maximum absolute atomic E-state index is 12.1. The highest BCUT2D eigenvalue weighted by Crippen LogP contribution is 2.21. The molecule has 0 amide bonds. The summed E-state index contributed by atoms with van der Waals surface area (Å²) in [7, 11) is 0. The molecule has 0 aliphatic heterocycles. The fourth-order valence-electron chi connectivity index (χ4n) is 1.53. The molecule has 8 heteroatoms. The van der Waals surface area contributed by atoms with Gasteiger partial charge in [0.15, 0.2) is 17.4 Å². The number of halogens is 1. The van der Waals surface area contributed by atoms with Crippen LogP contribution in [0.1, 0.15) is 32.6 Å². The van der Waals surface area contributed by atoms with Gasteiger partial charge in [-0.15, -0.1) is 10.2 Å². The van der Waals surface area contributed by atoms with Crippen molar-refractivity contribution in [3.63, 3.8) is 0 Å². The van der Waals surface area contributed by atoms with Crippen LogP contribution in [0.25, 0.3) is 0 Å². The Morgan fingerprint density at radius 1 is 1.40 bits per heavy atom. The van der Waals surface area contributed by atoms with E-state index >= 15 is 0 Å². The smallest absolute Gasteiger partial charge is 0.289 e. The summed E-state index contributed by atoms with van der Waals surface area (Å²) in [6, 6.07) is 0. The van der Waals surface area contributed by atoms with Gasteiger partial charge in [0.05, 0.1) is 11.7 Å². The minimum absolute atomic E-state index is 0.0221. The molecule has 20 heavy (non-hydrogen) atoms. The Balaban J connectivity index is 2.22. The van der Waals surface area contributed by atoms with Crippen molar-refractivity contribution < 1.29 is 9.15 Å². The third-order valence-electron chi connectivity index (χ3n) is 2.44. The molecule has 0 N–H and O–H groups in total. The lowest BCUT2D eigenvalue weighted by molar-refractivity contribution is 0.254. The van der Waals surface area contributed by atoms with Crippen molar-refractivity contribution in [2.75, 3.05) is 0 Å². The topological polar surface area (TPSA) is 83.0 Å². The molecule has 0 aliphatic rings. The summed E-state index contributed by atoms with van der Waals surface area (Å²) < 4.78 is 11.8. The lowest BCUT2D eigenvalue weighted by Gasteiger charge is -2.20. The fraction of sp³-hybridized carbons (Fsp3) is 0.500. The molecule has 2 aromatic heterocycles. The first-order valence-electron chi connectivity index (χ1n) is 5.99. The van der Waals surface area contributed by atoms with Crippen LogP contribution in [0.3, 0.4) is 0 Å². The van der Waals surface area contributed by atoms with Gasteiger partial charge in [0.1, 0.15) is 0 Å². The van der Waals surface area contributed by atoms with Crippen LogP contribution in [0.5, 0.6) is 5.75 Å². The first-order chi connectivity index (χ1) is 9.29. The van der Waals surface area contributed by atoms with E-state index < -0.39 is 11.1 Å². The molecular weight excluding hydrogens is 284 g/mol. The van der Waals surface area contributed by atoms with Gasteiger partial charge >= 0.3 is 0 Å². The number of nitrogens with zero attached hydrogens (tertiary/aromatic N) is 4. The first-order valence-corrected chi connectivity index (χ1v) is 6.37. The minimum atomic E-state index is -0.456. The second-order valence-electron chi connectivity index (χ2n) is 5.21. The van der Waals surface area contributed by atoms with Gasteiger partial charge in [-0.3, -0.25) is 4.79 Å². The van der Waals surface area contributed by atoms with E-state index in [-0.39, 0.29) is 17.4 Å². The summed E-state index contributed by atoms with van der Waals surface area (Å²) in [5, 5.41) is 11.5. The van der Waals surface area contributed by atoms with E-state index in [1.54, 1.807) is 6.92 Å². The molecule has 2 aromatic rings. The molecule has 7 nitrogen and oxygen atoms in total. The quantitative estimate of drug-likeness (QED) is 0.861. The molecule has 0 bridgehead atoms. The molecule has 0 saturated heterocycles. The van der Waals surface area contributed by atoms with Crippen LogP contribution in [-0.2, 0) is 12.1 Å². The van der Waals surface area contributed by atoms with Crippen molar-refractivity contribution in [2.45, 2.75) is 39.8 Å². The van der Waals surface area contributed by atoms with Gasteiger partial charge < -0.3 is 9.15 Å². The number of ether oxygens (including phenoxy) is 1. The number of aryl methyl sites for hydroxylation is 1. The molecule has 0 atom stereocenters. The highest BCUT2D eigenvalue weighted by atomic mass is 35.5. The van der Waals surface area contributed by atoms with E-state index in [1.165, 1.54) is 10.9 Å². The van der Waals surface area contributed by atoms with Crippen molar-refractivity contribution in [3.8, 4) is 5.75 Å². The lowest BCUT2D eigenvalue weighted by Crippen LogP contribution is -2.36. The minimum Gasteiger partial charge on any atom is -0.480 e. The summed E-state index contributed by atoms with van der Waals surface area (Å²) in [6.45, 7) is 7.29. The average Bonchev–Trinajstić information content (AvgIpc) is 2.75. The number of hydrogen-bond donors (Lipinski definition) is 0. The Morgan fingerprint density at radius 2 is 2.10 bits per heavy atom.